The standard InChI is InChI=1S/C18H27N3O4/c1-13-6-5-7-14(12-13)15(16(22)23)19-21-10-8-20(9-11-21)17(24)25-18(2,3)4/h5-7,12,15,19H,8-11H2,1-4H3,(H,22,23). The maximum absolute atomic E-state index is 12.1. The summed E-state index contributed by atoms with van der Waals surface area (Å²) in [5.41, 5.74) is 4.26. The third-order valence-electron chi connectivity index (χ3n) is 3.87. The van der Waals surface area contributed by atoms with E-state index in [0.29, 0.717) is 31.7 Å². The first-order valence-electron chi connectivity index (χ1n) is 8.44. The van der Waals surface area contributed by atoms with E-state index in [4.69, 9.17) is 4.74 Å². The predicted molar refractivity (Wildman–Crippen MR) is 94.1 cm³/mol. The summed E-state index contributed by atoms with van der Waals surface area (Å²) in [6.45, 7) is 9.49. The van der Waals surface area contributed by atoms with Crippen molar-refractivity contribution in [3.8, 4) is 0 Å². The number of piperazine rings is 1. The molecule has 1 saturated heterocycles. The van der Waals surface area contributed by atoms with Gasteiger partial charge in [-0.25, -0.2) is 15.2 Å². The maximum atomic E-state index is 12.1. The van der Waals surface area contributed by atoms with Crippen LogP contribution in [0.3, 0.4) is 0 Å². The van der Waals surface area contributed by atoms with Gasteiger partial charge in [0.1, 0.15) is 11.6 Å². The highest BCUT2D eigenvalue weighted by Gasteiger charge is 2.28. The number of ether oxygens (including phenoxy) is 1. The molecule has 2 rings (SSSR count). The molecule has 0 aliphatic carbocycles. The van der Waals surface area contributed by atoms with Crippen LogP contribution in [0.2, 0.25) is 0 Å². The number of aliphatic carboxylic acids is 1. The van der Waals surface area contributed by atoms with E-state index >= 15 is 0 Å². The Morgan fingerprint density at radius 2 is 1.84 bits per heavy atom. The van der Waals surface area contributed by atoms with Crippen LogP contribution in [0, 0.1) is 6.92 Å². The van der Waals surface area contributed by atoms with E-state index < -0.39 is 17.6 Å². The van der Waals surface area contributed by atoms with Gasteiger partial charge >= 0.3 is 12.1 Å². The second-order valence-corrected chi connectivity index (χ2v) is 7.27. The second kappa shape index (κ2) is 7.84. The highest BCUT2D eigenvalue weighted by atomic mass is 16.6. The topological polar surface area (TPSA) is 82.1 Å². The zero-order valence-corrected chi connectivity index (χ0v) is 15.3. The van der Waals surface area contributed by atoms with Gasteiger partial charge < -0.3 is 14.7 Å². The summed E-state index contributed by atoms with van der Waals surface area (Å²) in [6.07, 6.45) is -0.333. The SMILES string of the molecule is Cc1cccc(C(NN2CCN(C(=O)OC(C)(C)C)CC2)C(=O)O)c1. The molecule has 1 unspecified atom stereocenters. The van der Waals surface area contributed by atoms with E-state index in [1.165, 1.54) is 0 Å². The molecule has 0 radical (unpaired) electrons. The zero-order chi connectivity index (χ0) is 18.6. The van der Waals surface area contributed by atoms with Crippen molar-refractivity contribution in [1.82, 2.24) is 15.3 Å². The van der Waals surface area contributed by atoms with Crippen LogP contribution in [0.5, 0.6) is 0 Å². The number of carboxylic acids is 1. The molecule has 1 aromatic rings. The van der Waals surface area contributed by atoms with Crippen molar-refractivity contribution in [2.75, 3.05) is 26.2 Å². The lowest BCUT2D eigenvalue weighted by atomic mass is 10.1. The Kier molecular flexibility index (Phi) is 6.02. The van der Waals surface area contributed by atoms with E-state index in [9.17, 15) is 14.7 Å². The van der Waals surface area contributed by atoms with Crippen molar-refractivity contribution in [3.05, 3.63) is 35.4 Å². The van der Waals surface area contributed by atoms with Crippen molar-refractivity contribution in [2.24, 2.45) is 0 Å². The summed E-state index contributed by atoms with van der Waals surface area (Å²) in [7, 11) is 0. The van der Waals surface area contributed by atoms with Crippen LogP contribution in [0.1, 0.15) is 37.9 Å². The molecule has 0 aromatic heterocycles. The van der Waals surface area contributed by atoms with E-state index in [-0.39, 0.29) is 6.09 Å². The molecule has 1 aliphatic rings. The first kappa shape index (κ1) is 19.2. The maximum Gasteiger partial charge on any atom is 0.410 e. The molecule has 0 saturated carbocycles. The summed E-state index contributed by atoms with van der Waals surface area (Å²) in [5.74, 6) is -0.930. The minimum absolute atomic E-state index is 0.333. The number of aryl methyl sites for hydroxylation is 1. The molecule has 1 aromatic carbocycles. The van der Waals surface area contributed by atoms with Crippen LogP contribution in [-0.2, 0) is 9.53 Å². The third-order valence-corrected chi connectivity index (χ3v) is 3.87. The third kappa shape index (κ3) is 5.72. The number of carbonyl (C=O) groups excluding carboxylic acids is 1. The molecular formula is C18H27N3O4. The number of hydrazine groups is 1. The second-order valence-electron chi connectivity index (χ2n) is 7.27. The van der Waals surface area contributed by atoms with Crippen LogP contribution in [-0.4, -0.2) is 58.9 Å². The number of nitrogens with one attached hydrogen (secondary N) is 1. The fraction of sp³-hybridized carbons (Fsp3) is 0.556. The zero-order valence-electron chi connectivity index (χ0n) is 15.3. The molecule has 1 aliphatic heterocycles. The Morgan fingerprint density at radius 1 is 1.20 bits per heavy atom. The Morgan fingerprint density at radius 3 is 2.36 bits per heavy atom. The molecule has 1 atom stereocenters. The van der Waals surface area contributed by atoms with Crippen LogP contribution in [0.4, 0.5) is 4.79 Å². The summed E-state index contributed by atoms with van der Waals surface area (Å²) < 4.78 is 5.37. The van der Waals surface area contributed by atoms with Crippen molar-refractivity contribution < 1.29 is 19.4 Å². The van der Waals surface area contributed by atoms with Gasteiger partial charge in [-0.05, 0) is 33.3 Å². The molecule has 138 valence electrons. The molecule has 7 nitrogen and oxygen atoms in total. The van der Waals surface area contributed by atoms with E-state index in [0.717, 1.165) is 5.56 Å². The first-order valence-corrected chi connectivity index (χ1v) is 8.44. The summed E-state index contributed by atoms with van der Waals surface area (Å²) in [4.78, 5) is 25.4. The molecular weight excluding hydrogens is 322 g/mol. The minimum Gasteiger partial charge on any atom is -0.480 e. The van der Waals surface area contributed by atoms with Crippen LogP contribution < -0.4 is 5.43 Å². The quantitative estimate of drug-likeness (QED) is 0.867. The normalized spacial score (nSPS) is 17.2. The van der Waals surface area contributed by atoms with Gasteiger partial charge in [-0.3, -0.25) is 4.79 Å². The lowest BCUT2D eigenvalue weighted by Gasteiger charge is -2.36. The number of carboxylic acid groups (broad SMARTS) is 1. The predicted octanol–water partition coefficient (Wildman–Crippen LogP) is 2.18. The Hall–Kier alpha value is -2.12. The molecule has 1 fully saturated rings. The van der Waals surface area contributed by atoms with Gasteiger partial charge in [0.2, 0.25) is 0 Å². The van der Waals surface area contributed by atoms with Gasteiger partial charge in [-0.2, -0.15) is 0 Å². The minimum atomic E-state index is -0.930. The Labute approximate surface area is 148 Å². The van der Waals surface area contributed by atoms with Crippen molar-refractivity contribution >= 4 is 12.1 Å². The number of amides is 1. The molecule has 1 amide bonds. The molecule has 2 N–H and O–H groups in total. The number of hydrogen-bond donors (Lipinski definition) is 2. The van der Waals surface area contributed by atoms with E-state index in [1.807, 2.05) is 50.9 Å². The number of rotatable bonds is 4. The average Bonchev–Trinajstić information content (AvgIpc) is 2.51. The van der Waals surface area contributed by atoms with Crippen LogP contribution in [0.15, 0.2) is 24.3 Å². The van der Waals surface area contributed by atoms with Crippen molar-refractivity contribution in [2.45, 2.75) is 39.3 Å². The van der Waals surface area contributed by atoms with Crippen LogP contribution in [0.25, 0.3) is 0 Å². The van der Waals surface area contributed by atoms with Gasteiger partial charge in [0.25, 0.3) is 0 Å². The van der Waals surface area contributed by atoms with Gasteiger partial charge in [-0.15, -0.1) is 0 Å². The first-order chi connectivity index (χ1) is 11.7. The largest absolute Gasteiger partial charge is 0.480 e. The van der Waals surface area contributed by atoms with Crippen molar-refractivity contribution in [1.29, 1.82) is 0 Å². The highest BCUT2D eigenvalue weighted by Crippen LogP contribution is 2.17. The molecule has 25 heavy (non-hydrogen) atoms. The molecule has 0 spiro atoms. The number of nitrogens with zero attached hydrogens (tertiary/aromatic N) is 2. The lowest BCUT2D eigenvalue weighted by Crippen LogP contribution is -2.55. The Balaban J connectivity index is 1.93. The average molecular weight is 349 g/mol. The van der Waals surface area contributed by atoms with Crippen LogP contribution >= 0.6 is 0 Å². The lowest BCUT2D eigenvalue weighted by molar-refractivity contribution is -0.141. The fourth-order valence-electron chi connectivity index (χ4n) is 2.65. The van der Waals surface area contributed by atoms with Gasteiger partial charge in [-0.1, -0.05) is 29.8 Å². The molecule has 7 heteroatoms. The molecule has 1 heterocycles. The summed E-state index contributed by atoms with van der Waals surface area (Å²) >= 11 is 0. The van der Waals surface area contributed by atoms with Crippen molar-refractivity contribution in [3.63, 3.8) is 0 Å². The fourth-order valence-corrected chi connectivity index (χ4v) is 2.65. The van der Waals surface area contributed by atoms with Gasteiger partial charge in [0.15, 0.2) is 0 Å². The molecule has 0 bridgehead atoms. The van der Waals surface area contributed by atoms with Gasteiger partial charge in [0.05, 0.1) is 0 Å². The smallest absolute Gasteiger partial charge is 0.410 e. The van der Waals surface area contributed by atoms with Gasteiger partial charge in [0, 0.05) is 26.2 Å². The Bertz CT molecular complexity index is 619. The summed E-state index contributed by atoms with van der Waals surface area (Å²) in [5, 5.41) is 11.4. The summed E-state index contributed by atoms with van der Waals surface area (Å²) in [6, 6.07) is 6.64. The monoisotopic (exact) mass is 349 g/mol. The van der Waals surface area contributed by atoms with E-state index in [1.54, 1.807) is 11.0 Å². The number of benzene rings is 1. The number of hydrogen-bond acceptors (Lipinski definition) is 5. The highest BCUT2D eigenvalue weighted by molar-refractivity contribution is 5.75. The number of carbonyl (C=O) groups is 2. The van der Waals surface area contributed by atoms with E-state index in [2.05, 4.69) is 5.43 Å².